The van der Waals surface area contributed by atoms with Crippen LogP contribution in [0.25, 0.3) is 11.0 Å². The Labute approximate surface area is 163 Å². The van der Waals surface area contributed by atoms with Crippen molar-refractivity contribution in [1.82, 2.24) is 20.6 Å². The number of urea groups is 1. The number of fused-ring (bicyclic) bond motifs is 1. The summed E-state index contributed by atoms with van der Waals surface area (Å²) in [4.78, 5) is 20.0. The first-order valence-corrected chi connectivity index (χ1v) is 10.7. The largest absolute Gasteiger partial charge is 0.340 e. The summed E-state index contributed by atoms with van der Waals surface area (Å²) >= 11 is 0. The molecule has 0 aliphatic heterocycles. The number of rotatable bonds is 6. The first-order chi connectivity index (χ1) is 13.2. The fraction of sp³-hybridized carbons (Fsp3) is 0.263. The van der Waals surface area contributed by atoms with Crippen LogP contribution in [0, 0.1) is 0 Å². The van der Waals surface area contributed by atoms with Gasteiger partial charge in [0.15, 0.2) is 0 Å². The van der Waals surface area contributed by atoms with Crippen molar-refractivity contribution in [1.29, 1.82) is 0 Å². The standard InChI is InChI=1S/C19H23N5O3S/c1-12(14-7-6-8-15(11-14)24-28(3,26)27)20-19(25)21-13(2)18-22-16-9-4-5-10-17(16)23-18/h4-13,24H,1-3H3,(H,22,23)(H2,20,21,25). The van der Waals surface area contributed by atoms with Crippen LogP contribution in [0.5, 0.6) is 0 Å². The van der Waals surface area contributed by atoms with Crippen LogP contribution < -0.4 is 15.4 Å². The molecule has 148 valence electrons. The van der Waals surface area contributed by atoms with Gasteiger partial charge in [-0.15, -0.1) is 0 Å². The molecule has 0 fully saturated rings. The van der Waals surface area contributed by atoms with E-state index in [2.05, 4.69) is 25.3 Å². The Morgan fingerprint density at radius 2 is 1.75 bits per heavy atom. The minimum Gasteiger partial charge on any atom is -0.340 e. The second-order valence-corrected chi connectivity index (χ2v) is 8.45. The summed E-state index contributed by atoms with van der Waals surface area (Å²) < 4.78 is 25.2. The van der Waals surface area contributed by atoms with Crippen molar-refractivity contribution in [3.8, 4) is 0 Å². The number of nitrogens with zero attached hydrogens (tertiary/aromatic N) is 1. The van der Waals surface area contributed by atoms with Gasteiger partial charge in [-0.05, 0) is 43.7 Å². The molecule has 0 radical (unpaired) electrons. The Bertz CT molecular complexity index is 1060. The van der Waals surface area contributed by atoms with Gasteiger partial charge in [-0.25, -0.2) is 18.2 Å². The van der Waals surface area contributed by atoms with Crippen LogP contribution >= 0.6 is 0 Å². The number of amides is 2. The van der Waals surface area contributed by atoms with Crippen LogP contribution in [0.3, 0.4) is 0 Å². The lowest BCUT2D eigenvalue weighted by atomic mass is 10.1. The molecule has 0 bridgehead atoms. The van der Waals surface area contributed by atoms with Crippen molar-refractivity contribution in [3.63, 3.8) is 0 Å². The van der Waals surface area contributed by atoms with Crippen LogP contribution in [0.4, 0.5) is 10.5 Å². The van der Waals surface area contributed by atoms with E-state index in [1.54, 1.807) is 18.2 Å². The van der Waals surface area contributed by atoms with Gasteiger partial charge in [0, 0.05) is 5.69 Å². The molecule has 2 unspecified atom stereocenters. The molecule has 3 aromatic rings. The third-order valence-electron chi connectivity index (χ3n) is 4.20. The molecule has 0 spiro atoms. The lowest BCUT2D eigenvalue weighted by molar-refractivity contribution is 0.234. The average Bonchev–Trinajstić information content (AvgIpc) is 3.04. The second kappa shape index (κ2) is 7.89. The maximum atomic E-state index is 12.4. The van der Waals surface area contributed by atoms with E-state index in [4.69, 9.17) is 0 Å². The quantitative estimate of drug-likeness (QED) is 0.508. The van der Waals surface area contributed by atoms with Gasteiger partial charge in [0.25, 0.3) is 0 Å². The number of hydrogen-bond acceptors (Lipinski definition) is 4. The van der Waals surface area contributed by atoms with Gasteiger partial charge in [0.2, 0.25) is 10.0 Å². The first-order valence-electron chi connectivity index (χ1n) is 8.81. The van der Waals surface area contributed by atoms with Crippen molar-refractivity contribution in [2.45, 2.75) is 25.9 Å². The summed E-state index contributed by atoms with van der Waals surface area (Å²) in [7, 11) is -3.36. The number of carbonyl (C=O) groups is 1. The monoisotopic (exact) mass is 401 g/mol. The summed E-state index contributed by atoms with van der Waals surface area (Å²) in [5.74, 6) is 0.670. The van der Waals surface area contributed by atoms with Crippen molar-refractivity contribution >= 4 is 32.8 Å². The Hall–Kier alpha value is -3.07. The predicted molar refractivity (Wildman–Crippen MR) is 109 cm³/mol. The molecule has 8 nitrogen and oxygen atoms in total. The smallest absolute Gasteiger partial charge is 0.315 e. The van der Waals surface area contributed by atoms with Gasteiger partial charge in [0.05, 0.1) is 29.4 Å². The second-order valence-electron chi connectivity index (χ2n) is 6.70. The van der Waals surface area contributed by atoms with Crippen molar-refractivity contribution in [2.24, 2.45) is 0 Å². The van der Waals surface area contributed by atoms with Crippen LogP contribution in [0.1, 0.15) is 37.3 Å². The van der Waals surface area contributed by atoms with Gasteiger partial charge in [-0.3, -0.25) is 4.72 Å². The molecule has 1 aromatic heterocycles. The summed E-state index contributed by atoms with van der Waals surface area (Å²) in [5.41, 5.74) is 2.98. The molecular weight excluding hydrogens is 378 g/mol. The topological polar surface area (TPSA) is 116 Å². The van der Waals surface area contributed by atoms with Crippen LogP contribution in [0.2, 0.25) is 0 Å². The van der Waals surface area contributed by atoms with Crippen LogP contribution in [-0.4, -0.2) is 30.7 Å². The molecule has 0 aliphatic carbocycles. The number of anilines is 1. The van der Waals surface area contributed by atoms with E-state index in [1.807, 2.05) is 44.2 Å². The van der Waals surface area contributed by atoms with Crippen molar-refractivity contribution < 1.29 is 13.2 Å². The number of carbonyl (C=O) groups excluding carboxylic acids is 1. The van der Waals surface area contributed by atoms with E-state index in [0.29, 0.717) is 11.5 Å². The number of hydrogen-bond donors (Lipinski definition) is 4. The fourth-order valence-electron chi connectivity index (χ4n) is 2.85. The highest BCUT2D eigenvalue weighted by atomic mass is 32.2. The summed E-state index contributed by atoms with van der Waals surface area (Å²) in [6.45, 7) is 3.67. The molecule has 28 heavy (non-hydrogen) atoms. The first kappa shape index (κ1) is 19.7. The zero-order valence-electron chi connectivity index (χ0n) is 15.9. The molecule has 2 amide bonds. The Kier molecular flexibility index (Phi) is 5.55. The van der Waals surface area contributed by atoms with Crippen molar-refractivity contribution in [3.05, 3.63) is 59.9 Å². The third kappa shape index (κ3) is 5.01. The average molecular weight is 401 g/mol. The highest BCUT2D eigenvalue weighted by Crippen LogP contribution is 2.19. The molecule has 0 saturated carbocycles. The third-order valence-corrected chi connectivity index (χ3v) is 4.81. The molecule has 2 atom stereocenters. The number of imidazole rings is 1. The van der Waals surface area contributed by atoms with Gasteiger partial charge < -0.3 is 15.6 Å². The Morgan fingerprint density at radius 1 is 1.04 bits per heavy atom. The van der Waals surface area contributed by atoms with E-state index in [9.17, 15) is 13.2 Å². The summed E-state index contributed by atoms with van der Waals surface area (Å²) in [5, 5.41) is 5.71. The van der Waals surface area contributed by atoms with E-state index in [1.165, 1.54) is 0 Å². The molecular formula is C19H23N5O3S. The number of sulfonamides is 1. The number of para-hydroxylation sites is 2. The molecule has 2 aromatic carbocycles. The molecule has 3 rings (SSSR count). The number of aromatic nitrogens is 2. The maximum absolute atomic E-state index is 12.4. The molecule has 1 heterocycles. The van der Waals surface area contributed by atoms with E-state index in [-0.39, 0.29) is 18.1 Å². The highest BCUT2D eigenvalue weighted by molar-refractivity contribution is 7.92. The summed E-state index contributed by atoms with van der Waals surface area (Å²) in [6.07, 6.45) is 1.09. The van der Waals surface area contributed by atoms with Crippen LogP contribution in [0.15, 0.2) is 48.5 Å². The van der Waals surface area contributed by atoms with E-state index < -0.39 is 10.0 Å². The minimum absolute atomic E-state index is 0.308. The normalized spacial score (nSPS) is 13.7. The van der Waals surface area contributed by atoms with Crippen molar-refractivity contribution in [2.75, 3.05) is 11.0 Å². The number of nitrogens with one attached hydrogen (secondary N) is 4. The number of benzene rings is 2. The lowest BCUT2D eigenvalue weighted by Gasteiger charge is -2.18. The molecule has 0 aliphatic rings. The fourth-order valence-corrected chi connectivity index (χ4v) is 3.40. The summed E-state index contributed by atoms with van der Waals surface area (Å²) in [6, 6.07) is 13.6. The van der Waals surface area contributed by atoms with Crippen LogP contribution in [-0.2, 0) is 10.0 Å². The zero-order valence-corrected chi connectivity index (χ0v) is 16.7. The molecule has 9 heteroatoms. The highest BCUT2D eigenvalue weighted by Gasteiger charge is 2.16. The Morgan fingerprint density at radius 3 is 2.46 bits per heavy atom. The number of aromatic amines is 1. The predicted octanol–water partition coefficient (Wildman–Crippen LogP) is 3.06. The number of H-pyrrole nitrogens is 1. The zero-order chi connectivity index (χ0) is 20.3. The SMILES string of the molecule is CC(NC(=O)NC(C)c1nc2ccccc2[nH]1)c1cccc(NS(C)(=O)=O)c1. The molecule has 4 N–H and O–H groups in total. The maximum Gasteiger partial charge on any atom is 0.315 e. The Balaban J connectivity index is 1.63. The lowest BCUT2D eigenvalue weighted by Crippen LogP contribution is -2.38. The van der Waals surface area contributed by atoms with Gasteiger partial charge in [-0.1, -0.05) is 24.3 Å². The van der Waals surface area contributed by atoms with E-state index in [0.717, 1.165) is 22.9 Å². The van der Waals surface area contributed by atoms with E-state index >= 15 is 0 Å². The van der Waals surface area contributed by atoms with Gasteiger partial charge in [-0.2, -0.15) is 0 Å². The molecule has 0 saturated heterocycles. The minimum atomic E-state index is -3.36. The van der Waals surface area contributed by atoms with Gasteiger partial charge >= 0.3 is 6.03 Å². The van der Waals surface area contributed by atoms with Gasteiger partial charge in [0.1, 0.15) is 5.82 Å².